The van der Waals surface area contributed by atoms with Gasteiger partial charge in [-0.15, -0.1) is 0 Å². The van der Waals surface area contributed by atoms with Crippen LogP contribution in [0.2, 0.25) is 0 Å². The lowest BCUT2D eigenvalue weighted by Crippen LogP contribution is -2.34. The molecular formula is C27H31FN2O3. The first-order valence-corrected chi connectivity index (χ1v) is 11.6. The van der Waals surface area contributed by atoms with Gasteiger partial charge in [0.15, 0.2) is 6.10 Å². The molecule has 0 radical (unpaired) electrons. The third kappa shape index (κ3) is 5.28. The number of carbonyl (C=O) groups is 1. The lowest BCUT2D eigenvalue weighted by molar-refractivity contribution is -0.150. The fraction of sp³-hybridized carbons (Fsp3) is 0.370. The molecule has 174 valence electrons. The van der Waals surface area contributed by atoms with E-state index in [9.17, 15) is 9.18 Å². The standard InChI is InChI=1S/C27H31FN2O3/c1-4-32-27(31)19(3)33-22-12-13-26(25(28)16-22)30-15-14-21(17-30)29-18(2)23-11-7-9-20-8-5-6-10-24(20)23/h5-13,16,18-19,21,29H,4,14-15,17H2,1-3H3/t18-,19+,21+/m1/s1. The van der Waals surface area contributed by atoms with Crippen molar-refractivity contribution in [3.05, 3.63) is 72.0 Å². The van der Waals surface area contributed by atoms with Gasteiger partial charge in [-0.05, 0) is 55.7 Å². The van der Waals surface area contributed by atoms with Crippen molar-refractivity contribution < 1.29 is 18.7 Å². The van der Waals surface area contributed by atoms with Gasteiger partial charge in [0.2, 0.25) is 0 Å². The zero-order chi connectivity index (χ0) is 23.4. The van der Waals surface area contributed by atoms with Crippen LogP contribution in [0.5, 0.6) is 5.75 Å². The third-order valence-electron chi connectivity index (χ3n) is 6.16. The lowest BCUT2D eigenvalue weighted by Gasteiger charge is -2.23. The Kier molecular flexibility index (Phi) is 7.14. The highest BCUT2D eigenvalue weighted by molar-refractivity contribution is 5.86. The van der Waals surface area contributed by atoms with Crippen molar-refractivity contribution in [3.63, 3.8) is 0 Å². The second-order valence-corrected chi connectivity index (χ2v) is 8.51. The van der Waals surface area contributed by atoms with Crippen LogP contribution in [-0.4, -0.2) is 37.8 Å². The van der Waals surface area contributed by atoms with Gasteiger partial charge in [-0.3, -0.25) is 0 Å². The molecule has 6 heteroatoms. The van der Waals surface area contributed by atoms with E-state index in [0.29, 0.717) is 11.4 Å². The molecule has 33 heavy (non-hydrogen) atoms. The van der Waals surface area contributed by atoms with Crippen LogP contribution in [0.15, 0.2) is 60.7 Å². The molecule has 0 amide bonds. The number of esters is 1. The fourth-order valence-corrected chi connectivity index (χ4v) is 4.52. The summed E-state index contributed by atoms with van der Waals surface area (Å²) < 4.78 is 25.3. The van der Waals surface area contributed by atoms with Crippen LogP contribution in [-0.2, 0) is 9.53 Å². The average Bonchev–Trinajstić information content (AvgIpc) is 3.26. The number of carbonyl (C=O) groups excluding carboxylic acids is 1. The topological polar surface area (TPSA) is 50.8 Å². The molecule has 1 heterocycles. The maximum atomic E-state index is 14.9. The number of halogens is 1. The maximum absolute atomic E-state index is 14.9. The molecule has 1 aliphatic rings. The average molecular weight is 451 g/mol. The van der Waals surface area contributed by atoms with Crippen LogP contribution in [0.1, 0.15) is 38.8 Å². The summed E-state index contributed by atoms with van der Waals surface area (Å²) in [5.41, 5.74) is 1.82. The van der Waals surface area contributed by atoms with E-state index in [-0.39, 0.29) is 24.5 Å². The molecule has 0 aliphatic carbocycles. The normalized spacial score (nSPS) is 17.7. The van der Waals surface area contributed by atoms with Gasteiger partial charge in [0.25, 0.3) is 0 Å². The van der Waals surface area contributed by atoms with Crippen molar-refractivity contribution in [2.75, 3.05) is 24.6 Å². The Morgan fingerprint density at radius 2 is 1.94 bits per heavy atom. The number of nitrogens with one attached hydrogen (secondary N) is 1. The van der Waals surface area contributed by atoms with Gasteiger partial charge in [-0.2, -0.15) is 0 Å². The van der Waals surface area contributed by atoms with Crippen LogP contribution >= 0.6 is 0 Å². The highest BCUT2D eigenvalue weighted by Gasteiger charge is 2.26. The summed E-state index contributed by atoms with van der Waals surface area (Å²) in [6.07, 6.45) is 0.151. The van der Waals surface area contributed by atoms with Gasteiger partial charge in [0, 0.05) is 31.2 Å². The van der Waals surface area contributed by atoms with E-state index in [2.05, 4.69) is 59.6 Å². The van der Waals surface area contributed by atoms with E-state index in [4.69, 9.17) is 9.47 Å². The number of ether oxygens (including phenoxy) is 2. The van der Waals surface area contributed by atoms with Crippen LogP contribution in [0.25, 0.3) is 10.8 Å². The molecule has 1 aliphatic heterocycles. The minimum absolute atomic E-state index is 0.186. The van der Waals surface area contributed by atoms with E-state index in [1.54, 1.807) is 26.0 Å². The van der Waals surface area contributed by atoms with E-state index < -0.39 is 12.1 Å². The molecule has 0 saturated carbocycles. The van der Waals surface area contributed by atoms with E-state index in [1.165, 1.54) is 22.4 Å². The monoisotopic (exact) mass is 450 g/mol. The zero-order valence-electron chi connectivity index (χ0n) is 19.4. The highest BCUT2D eigenvalue weighted by atomic mass is 19.1. The predicted molar refractivity (Wildman–Crippen MR) is 129 cm³/mol. The van der Waals surface area contributed by atoms with Crippen molar-refractivity contribution in [3.8, 4) is 5.75 Å². The molecule has 1 saturated heterocycles. The van der Waals surface area contributed by atoms with Gasteiger partial charge < -0.3 is 19.7 Å². The summed E-state index contributed by atoms with van der Waals surface area (Å²) in [5, 5.41) is 6.22. The Morgan fingerprint density at radius 3 is 2.73 bits per heavy atom. The lowest BCUT2D eigenvalue weighted by atomic mass is 9.99. The fourth-order valence-electron chi connectivity index (χ4n) is 4.52. The van der Waals surface area contributed by atoms with Gasteiger partial charge in [0.1, 0.15) is 11.6 Å². The van der Waals surface area contributed by atoms with Crippen molar-refractivity contribution in [2.24, 2.45) is 0 Å². The molecule has 1 N–H and O–H groups in total. The Morgan fingerprint density at radius 1 is 1.15 bits per heavy atom. The zero-order valence-corrected chi connectivity index (χ0v) is 19.4. The summed E-state index contributed by atoms with van der Waals surface area (Å²) in [4.78, 5) is 13.8. The van der Waals surface area contributed by atoms with Crippen molar-refractivity contribution >= 4 is 22.4 Å². The van der Waals surface area contributed by atoms with Crippen LogP contribution in [0.3, 0.4) is 0 Å². The van der Waals surface area contributed by atoms with Crippen molar-refractivity contribution in [1.29, 1.82) is 0 Å². The first kappa shape index (κ1) is 23.1. The van der Waals surface area contributed by atoms with Crippen LogP contribution < -0.4 is 15.0 Å². The summed E-state index contributed by atoms with van der Waals surface area (Å²) in [7, 11) is 0. The number of rotatable bonds is 8. The van der Waals surface area contributed by atoms with Gasteiger partial charge in [-0.1, -0.05) is 42.5 Å². The van der Waals surface area contributed by atoms with Crippen LogP contribution in [0, 0.1) is 5.82 Å². The molecule has 4 rings (SSSR count). The third-order valence-corrected chi connectivity index (χ3v) is 6.16. The Hall–Kier alpha value is -3.12. The number of anilines is 1. The number of hydrogen-bond acceptors (Lipinski definition) is 5. The summed E-state index contributed by atoms with van der Waals surface area (Å²) in [5.74, 6) is -0.502. The molecule has 3 aromatic carbocycles. The molecule has 0 spiro atoms. The second kappa shape index (κ2) is 10.2. The summed E-state index contributed by atoms with van der Waals surface area (Å²) in [6, 6.07) is 20.0. The molecule has 0 unspecified atom stereocenters. The summed E-state index contributed by atoms with van der Waals surface area (Å²) in [6.45, 7) is 7.30. The largest absolute Gasteiger partial charge is 0.479 e. The van der Waals surface area contributed by atoms with Gasteiger partial charge in [0.05, 0.1) is 12.3 Å². The van der Waals surface area contributed by atoms with Crippen molar-refractivity contribution in [1.82, 2.24) is 5.32 Å². The molecule has 3 atom stereocenters. The first-order chi connectivity index (χ1) is 16.0. The first-order valence-electron chi connectivity index (χ1n) is 11.6. The minimum Gasteiger partial charge on any atom is -0.479 e. The van der Waals surface area contributed by atoms with Gasteiger partial charge in [-0.25, -0.2) is 9.18 Å². The summed E-state index contributed by atoms with van der Waals surface area (Å²) >= 11 is 0. The molecular weight excluding hydrogens is 419 g/mol. The Labute approximate surface area is 194 Å². The van der Waals surface area contributed by atoms with E-state index in [1.807, 2.05) is 0 Å². The molecule has 0 aromatic heterocycles. The van der Waals surface area contributed by atoms with Gasteiger partial charge >= 0.3 is 5.97 Å². The predicted octanol–water partition coefficient (Wildman–Crippen LogP) is 5.24. The smallest absolute Gasteiger partial charge is 0.347 e. The van der Waals surface area contributed by atoms with E-state index in [0.717, 1.165) is 19.5 Å². The SMILES string of the molecule is CCOC(=O)[C@H](C)Oc1ccc(N2CC[C@H](N[C@H](C)c3cccc4ccccc34)C2)c(F)c1. The highest BCUT2D eigenvalue weighted by Crippen LogP contribution is 2.29. The maximum Gasteiger partial charge on any atom is 0.347 e. The Bertz CT molecular complexity index is 1110. The molecule has 1 fully saturated rings. The van der Waals surface area contributed by atoms with Crippen molar-refractivity contribution in [2.45, 2.75) is 45.4 Å². The number of fused-ring (bicyclic) bond motifs is 1. The number of benzene rings is 3. The molecule has 0 bridgehead atoms. The number of nitrogens with zero attached hydrogens (tertiary/aromatic N) is 1. The molecule has 3 aromatic rings. The minimum atomic E-state index is -0.786. The van der Waals surface area contributed by atoms with Crippen LogP contribution in [0.4, 0.5) is 10.1 Å². The van der Waals surface area contributed by atoms with E-state index >= 15 is 0 Å². The molecule has 5 nitrogen and oxygen atoms in total. The second-order valence-electron chi connectivity index (χ2n) is 8.51. The number of hydrogen-bond donors (Lipinski definition) is 1. The Balaban J connectivity index is 1.39. The quantitative estimate of drug-likeness (QED) is 0.476.